The second-order valence-electron chi connectivity index (χ2n) is 9.34. The van der Waals surface area contributed by atoms with Gasteiger partial charge in [-0.25, -0.2) is 9.67 Å². The number of hydrogen-bond donors (Lipinski definition) is 0. The van der Waals surface area contributed by atoms with Gasteiger partial charge in [0.2, 0.25) is 11.9 Å². The van der Waals surface area contributed by atoms with Crippen molar-refractivity contribution in [1.82, 2.24) is 24.6 Å². The van der Waals surface area contributed by atoms with Gasteiger partial charge in [0.15, 0.2) is 5.65 Å². The van der Waals surface area contributed by atoms with Crippen LogP contribution in [0.1, 0.15) is 25.3 Å². The third-order valence-corrected chi connectivity index (χ3v) is 7.17. The quantitative estimate of drug-likeness (QED) is 0.596. The summed E-state index contributed by atoms with van der Waals surface area (Å²) in [6.07, 6.45) is 6.71. The van der Waals surface area contributed by atoms with E-state index in [4.69, 9.17) is 19.8 Å². The number of benzene rings is 1. The van der Waals surface area contributed by atoms with Crippen molar-refractivity contribution >= 4 is 34.8 Å². The summed E-state index contributed by atoms with van der Waals surface area (Å²) >= 11 is 0. The number of hydrogen-bond acceptors (Lipinski definition) is 7. The Balaban J connectivity index is 1.37. The van der Waals surface area contributed by atoms with Crippen molar-refractivity contribution in [2.45, 2.75) is 32.7 Å². The number of aliphatic imine (C=N–C) groups is 1. The molecule has 2 saturated heterocycles. The van der Waals surface area contributed by atoms with E-state index in [2.05, 4.69) is 28.1 Å². The van der Waals surface area contributed by atoms with Crippen LogP contribution in [0.3, 0.4) is 0 Å². The van der Waals surface area contributed by atoms with E-state index in [1.807, 2.05) is 22.0 Å². The molecular weight excluding hydrogens is 430 g/mol. The van der Waals surface area contributed by atoms with Crippen LogP contribution in [-0.2, 0) is 22.5 Å². The summed E-state index contributed by atoms with van der Waals surface area (Å²) in [7, 11) is 0. The zero-order valence-corrected chi connectivity index (χ0v) is 19.5. The van der Waals surface area contributed by atoms with Crippen molar-refractivity contribution in [3.8, 4) is 11.3 Å². The highest BCUT2D eigenvalue weighted by atomic mass is 16.5. The molecule has 3 aliphatic rings. The lowest BCUT2D eigenvalue weighted by atomic mass is 9.97. The molecule has 5 heterocycles. The summed E-state index contributed by atoms with van der Waals surface area (Å²) in [6, 6.07) is 6.40. The first kappa shape index (κ1) is 21.2. The number of fused-ring (bicyclic) bond motifs is 2. The van der Waals surface area contributed by atoms with E-state index in [0.717, 1.165) is 85.9 Å². The molecule has 176 valence electrons. The number of amides is 1. The van der Waals surface area contributed by atoms with E-state index in [9.17, 15) is 4.79 Å². The number of carbonyl (C=O) groups is 1. The van der Waals surface area contributed by atoms with Crippen molar-refractivity contribution in [2.24, 2.45) is 10.9 Å². The minimum absolute atomic E-state index is 0.161. The van der Waals surface area contributed by atoms with Crippen LogP contribution in [0.25, 0.3) is 22.3 Å². The van der Waals surface area contributed by atoms with Gasteiger partial charge in [0, 0.05) is 57.8 Å². The molecule has 3 aromatic rings. The minimum Gasteiger partial charge on any atom is -0.378 e. The fourth-order valence-corrected chi connectivity index (χ4v) is 5.12. The predicted molar refractivity (Wildman–Crippen MR) is 131 cm³/mol. The Hall–Kier alpha value is -3.33. The van der Waals surface area contributed by atoms with E-state index in [1.54, 1.807) is 6.92 Å². The molecule has 1 aromatic carbocycles. The Morgan fingerprint density at radius 3 is 2.74 bits per heavy atom. The maximum absolute atomic E-state index is 11.7. The number of nitrogens with zero attached hydrogens (tertiary/aromatic N) is 7. The molecule has 0 radical (unpaired) electrons. The minimum atomic E-state index is 0.161. The van der Waals surface area contributed by atoms with Crippen LogP contribution in [-0.4, -0.2) is 76.2 Å². The third-order valence-electron chi connectivity index (χ3n) is 7.17. The number of piperidine rings is 1. The van der Waals surface area contributed by atoms with Gasteiger partial charge in [-0.1, -0.05) is 12.1 Å². The second kappa shape index (κ2) is 8.79. The van der Waals surface area contributed by atoms with E-state index in [1.165, 1.54) is 5.56 Å². The lowest BCUT2D eigenvalue weighted by Crippen LogP contribution is -2.38. The van der Waals surface area contributed by atoms with Gasteiger partial charge in [-0.3, -0.25) is 9.79 Å². The largest absolute Gasteiger partial charge is 0.378 e. The lowest BCUT2D eigenvalue weighted by Gasteiger charge is -2.31. The highest BCUT2D eigenvalue weighted by molar-refractivity contribution is 5.92. The Labute approximate surface area is 198 Å². The van der Waals surface area contributed by atoms with Crippen molar-refractivity contribution in [3.05, 3.63) is 30.0 Å². The highest BCUT2D eigenvalue weighted by Crippen LogP contribution is 2.34. The third kappa shape index (κ3) is 3.94. The maximum atomic E-state index is 11.7. The SMILES string of the molecule is CC(=O)N1CCC(Cn2ncc3c(-c4ccc5c(c4)N=CC5)nc(N4CCOCC4)nc32)CC1. The summed E-state index contributed by atoms with van der Waals surface area (Å²) in [5, 5.41) is 5.71. The van der Waals surface area contributed by atoms with Crippen LogP contribution >= 0.6 is 0 Å². The van der Waals surface area contributed by atoms with Crippen LogP contribution in [0.15, 0.2) is 29.4 Å². The molecule has 0 bridgehead atoms. The number of anilines is 1. The summed E-state index contributed by atoms with van der Waals surface area (Å²) in [5.41, 5.74) is 5.06. The molecule has 34 heavy (non-hydrogen) atoms. The first-order valence-corrected chi connectivity index (χ1v) is 12.1. The van der Waals surface area contributed by atoms with Gasteiger partial charge in [0.25, 0.3) is 0 Å². The summed E-state index contributed by atoms with van der Waals surface area (Å²) in [4.78, 5) is 30.4. The van der Waals surface area contributed by atoms with E-state index >= 15 is 0 Å². The van der Waals surface area contributed by atoms with Crippen LogP contribution in [0.5, 0.6) is 0 Å². The molecule has 0 N–H and O–H groups in total. The van der Waals surface area contributed by atoms with Gasteiger partial charge in [-0.2, -0.15) is 10.1 Å². The molecule has 3 aliphatic heterocycles. The maximum Gasteiger partial charge on any atom is 0.228 e. The smallest absolute Gasteiger partial charge is 0.228 e. The molecule has 2 fully saturated rings. The van der Waals surface area contributed by atoms with Gasteiger partial charge >= 0.3 is 0 Å². The van der Waals surface area contributed by atoms with Gasteiger partial charge in [-0.15, -0.1) is 0 Å². The van der Waals surface area contributed by atoms with Crippen molar-refractivity contribution in [1.29, 1.82) is 0 Å². The number of morpholine rings is 1. The van der Waals surface area contributed by atoms with Crippen LogP contribution in [0.2, 0.25) is 0 Å². The fourth-order valence-electron chi connectivity index (χ4n) is 5.12. The van der Waals surface area contributed by atoms with Crippen LogP contribution < -0.4 is 4.90 Å². The van der Waals surface area contributed by atoms with Gasteiger partial charge in [0.05, 0.1) is 36.2 Å². The molecule has 2 aromatic heterocycles. The number of rotatable bonds is 4. The number of aromatic nitrogens is 4. The fraction of sp³-hybridized carbons (Fsp3) is 0.480. The highest BCUT2D eigenvalue weighted by Gasteiger charge is 2.24. The zero-order chi connectivity index (χ0) is 23.1. The van der Waals surface area contributed by atoms with E-state index < -0.39 is 0 Å². The predicted octanol–water partition coefficient (Wildman–Crippen LogP) is 2.85. The van der Waals surface area contributed by atoms with Crippen molar-refractivity contribution in [2.75, 3.05) is 44.3 Å². The van der Waals surface area contributed by atoms with Gasteiger partial charge in [0.1, 0.15) is 0 Å². The van der Waals surface area contributed by atoms with Crippen LogP contribution in [0, 0.1) is 5.92 Å². The lowest BCUT2D eigenvalue weighted by molar-refractivity contribution is -0.130. The average Bonchev–Trinajstić information content (AvgIpc) is 3.51. The monoisotopic (exact) mass is 459 g/mol. The summed E-state index contributed by atoms with van der Waals surface area (Å²) in [6.45, 7) is 6.98. The summed E-state index contributed by atoms with van der Waals surface area (Å²) < 4.78 is 7.58. The Kier molecular flexibility index (Phi) is 5.49. The number of carbonyl (C=O) groups excluding carboxylic acids is 1. The molecule has 9 heteroatoms. The Morgan fingerprint density at radius 1 is 1.12 bits per heavy atom. The first-order valence-electron chi connectivity index (χ1n) is 12.1. The van der Waals surface area contributed by atoms with Gasteiger partial charge < -0.3 is 14.5 Å². The normalized spacial score (nSPS) is 18.6. The Morgan fingerprint density at radius 2 is 1.94 bits per heavy atom. The van der Waals surface area contributed by atoms with Crippen molar-refractivity contribution in [3.63, 3.8) is 0 Å². The first-order chi connectivity index (χ1) is 16.7. The van der Waals surface area contributed by atoms with Gasteiger partial charge in [-0.05, 0) is 30.4 Å². The molecule has 6 rings (SSSR count). The molecule has 9 nitrogen and oxygen atoms in total. The molecule has 0 spiro atoms. The Bertz CT molecular complexity index is 1250. The molecule has 0 unspecified atom stereocenters. The molecular formula is C25H29N7O2. The van der Waals surface area contributed by atoms with Crippen LogP contribution in [0.4, 0.5) is 11.6 Å². The summed E-state index contributed by atoms with van der Waals surface area (Å²) in [5.74, 6) is 1.36. The van der Waals surface area contributed by atoms with Crippen molar-refractivity contribution < 1.29 is 9.53 Å². The molecule has 0 aliphatic carbocycles. The van der Waals surface area contributed by atoms with E-state index in [0.29, 0.717) is 19.1 Å². The number of likely N-dealkylation sites (tertiary alicyclic amines) is 1. The zero-order valence-electron chi connectivity index (χ0n) is 19.5. The molecule has 0 atom stereocenters. The molecule has 1 amide bonds. The number of ether oxygens (including phenoxy) is 1. The van der Waals surface area contributed by atoms with E-state index in [-0.39, 0.29) is 5.91 Å². The standard InChI is InChI=1S/C25H29N7O2/c1-17(33)30-8-5-18(6-9-30)16-32-24-21(15-27-32)23(20-3-2-19-4-7-26-22(19)14-20)28-25(29-24)31-10-12-34-13-11-31/h2-3,7,14-15,18H,4-6,8-13,16H2,1H3. The second-order valence-corrected chi connectivity index (χ2v) is 9.34. The average molecular weight is 460 g/mol. The topological polar surface area (TPSA) is 88.7 Å². The molecule has 0 saturated carbocycles.